The zero-order chi connectivity index (χ0) is 20.2. The van der Waals surface area contributed by atoms with E-state index in [1.807, 2.05) is 73.7 Å². The van der Waals surface area contributed by atoms with E-state index in [2.05, 4.69) is 20.8 Å². The lowest BCUT2D eigenvalue weighted by atomic mass is 10.1. The number of benzene rings is 3. The van der Waals surface area contributed by atoms with Crippen LogP contribution in [0.3, 0.4) is 0 Å². The standard InChI is InChI=1S/C21H19N5O2S/c1-14(20(27)22-17-8-7-15-5-3-4-6-16(15)13-17)29-21-23-24-25-26(21)18-9-11-19(28-2)12-10-18/h3-14H,1-2H3,(H,22,27). The molecular formula is C21H19N5O2S. The Hall–Kier alpha value is -3.39. The van der Waals surface area contributed by atoms with Crippen molar-refractivity contribution in [2.24, 2.45) is 0 Å². The van der Waals surface area contributed by atoms with E-state index in [1.54, 1.807) is 11.8 Å². The Balaban J connectivity index is 1.46. The van der Waals surface area contributed by atoms with Gasteiger partial charge in [0.15, 0.2) is 0 Å². The largest absolute Gasteiger partial charge is 0.497 e. The second-order valence-corrected chi connectivity index (χ2v) is 7.69. The van der Waals surface area contributed by atoms with Crippen molar-refractivity contribution in [3.05, 3.63) is 66.7 Å². The van der Waals surface area contributed by atoms with E-state index in [0.717, 1.165) is 27.9 Å². The molecule has 0 saturated carbocycles. The van der Waals surface area contributed by atoms with Gasteiger partial charge >= 0.3 is 0 Å². The minimum absolute atomic E-state index is 0.116. The molecular weight excluding hydrogens is 386 g/mol. The minimum atomic E-state index is -0.385. The Morgan fingerprint density at radius 2 is 1.83 bits per heavy atom. The van der Waals surface area contributed by atoms with Crippen LogP contribution in [-0.2, 0) is 4.79 Å². The Labute approximate surface area is 172 Å². The number of tetrazole rings is 1. The molecule has 3 aromatic carbocycles. The number of thioether (sulfide) groups is 1. The van der Waals surface area contributed by atoms with Gasteiger partial charge in [0.25, 0.3) is 0 Å². The average molecular weight is 405 g/mol. The van der Waals surface area contributed by atoms with Crippen molar-refractivity contribution in [2.45, 2.75) is 17.3 Å². The maximum absolute atomic E-state index is 12.7. The van der Waals surface area contributed by atoms with Crippen molar-refractivity contribution >= 4 is 34.1 Å². The number of methoxy groups -OCH3 is 1. The van der Waals surface area contributed by atoms with Crippen LogP contribution in [0.15, 0.2) is 71.9 Å². The first-order valence-corrected chi connectivity index (χ1v) is 9.91. The number of ether oxygens (including phenoxy) is 1. The number of carbonyl (C=O) groups is 1. The fourth-order valence-corrected chi connectivity index (χ4v) is 3.67. The highest BCUT2D eigenvalue weighted by Gasteiger charge is 2.19. The first kappa shape index (κ1) is 18.9. The number of rotatable bonds is 6. The molecule has 29 heavy (non-hydrogen) atoms. The third-order valence-corrected chi connectivity index (χ3v) is 5.46. The molecule has 4 rings (SSSR count). The lowest BCUT2D eigenvalue weighted by Gasteiger charge is -2.12. The normalized spacial score (nSPS) is 11.9. The molecule has 0 aliphatic heterocycles. The van der Waals surface area contributed by atoms with Crippen LogP contribution in [-0.4, -0.2) is 38.5 Å². The Bertz CT molecular complexity index is 1140. The second kappa shape index (κ2) is 8.32. The smallest absolute Gasteiger partial charge is 0.237 e. The van der Waals surface area contributed by atoms with E-state index in [1.165, 1.54) is 11.8 Å². The Kier molecular flexibility index (Phi) is 5.44. The topological polar surface area (TPSA) is 81.9 Å². The molecule has 1 unspecified atom stereocenters. The molecule has 7 nitrogen and oxygen atoms in total. The second-order valence-electron chi connectivity index (χ2n) is 6.38. The number of hydrogen-bond acceptors (Lipinski definition) is 6. The SMILES string of the molecule is COc1ccc(-n2nnnc2SC(C)C(=O)Nc2ccc3ccccc3c2)cc1. The quantitative estimate of drug-likeness (QED) is 0.489. The summed E-state index contributed by atoms with van der Waals surface area (Å²) in [6.45, 7) is 1.83. The summed E-state index contributed by atoms with van der Waals surface area (Å²) in [7, 11) is 1.61. The van der Waals surface area contributed by atoms with Crippen molar-refractivity contribution in [1.29, 1.82) is 0 Å². The highest BCUT2D eigenvalue weighted by atomic mass is 32.2. The van der Waals surface area contributed by atoms with E-state index < -0.39 is 0 Å². The maximum atomic E-state index is 12.7. The fourth-order valence-electron chi connectivity index (χ4n) is 2.86. The van der Waals surface area contributed by atoms with Crippen LogP contribution in [0.5, 0.6) is 5.75 Å². The summed E-state index contributed by atoms with van der Waals surface area (Å²) in [5.74, 6) is 0.633. The van der Waals surface area contributed by atoms with Crippen LogP contribution in [0.25, 0.3) is 16.5 Å². The van der Waals surface area contributed by atoms with Crippen LogP contribution in [0.1, 0.15) is 6.92 Å². The van der Waals surface area contributed by atoms with Gasteiger partial charge in [0.1, 0.15) is 5.75 Å². The number of nitrogens with one attached hydrogen (secondary N) is 1. The molecule has 4 aromatic rings. The number of nitrogens with zero attached hydrogens (tertiary/aromatic N) is 4. The van der Waals surface area contributed by atoms with Gasteiger partial charge in [-0.05, 0) is 64.5 Å². The zero-order valence-electron chi connectivity index (χ0n) is 15.9. The van der Waals surface area contributed by atoms with E-state index in [4.69, 9.17) is 4.74 Å². The summed E-state index contributed by atoms with van der Waals surface area (Å²) in [5.41, 5.74) is 1.55. The van der Waals surface area contributed by atoms with Crippen molar-refractivity contribution in [3.8, 4) is 11.4 Å². The first-order chi connectivity index (χ1) is 14.1. The molecule has 1 heterocycles. The van der Waals surface area contributed by atoms with Gasteiger partial charge < -0.3 is 10.1 Å². The molecule has 1 N–H and O–H groups in total. The van der Waals surface area contributed by atoms with E-state index in [-0.39, 0.29) is 11.2 Å². The lowest BCUT2D eigenvalue weighted by Crippen LogP contribution is -2.22. The highest BCUT2D eigenvalue weighted by Crippen LogP contribution is 2.25. The maximum Gasteiger partial charge on any atom is 0.237 e. The minimum Gasteiger partial charge on any atom is -0.497 e. The summed E-state index contributed by atoms with van der Waals surface area (Å²) in [4.78, 5) is 12.7. The van der Waals surface area contributed by atoms with Crippen molar-refractivity contribution in [3.63, 3.8) is 0 Å². The molecule has 8 heteroatoms. The predicted octanol–water partition coefficient (Wildman–Crippen LogP) is 3.94. The van der Waals surface area contributed by atoms with Crippen molar-refractivity contribution in [2.75, 3.05) is 12.4 Å². The van der Waals surface area contributed by atoms with Gasteiger partial charge in [-0.3, -0.25) is 4.79 Å². The van der Waals surface area contributed by atoms with Gasteiger partial charge in [0, 0.05) is 5.69 Å². The summed E-state index contributed by atoms with van der Waals surface area (Å²) < 4.78 is 6.78. The molecule has 1 atom stereocenters. The van der Waals surface area contributed by atoms with E-state index in [9.17, 15) is 4.79 Å². The van der Waals surface area contributed by atoms with Gasteiger partial charge in [-0.2, -0.15) is 4.68 Å². The number of anilines is 1. The van der Waals surface area contributed by atoms with Crippen LogP contribution < -0.4 is 10.1 Å². The number of fused-ring (bicyclic) bond motifs is 1. The average Bonchev–Trinajstić information content (AvgIpc) is 3.21. The van der Waals surface area contributed by atoms with Crippen LogP contribution >= 0.6 is 11.8 Å². The zero-order valence-corrected chi connectivity index (χ0v) is 16.8. The molecule has 0 aliphatic rings. The van der Waals surface area contributed by atoms with Gasteiger partial charge in [-0.25, -0.2) is 0 Å². The number of amides is 1. The molecule has 0 radical (unpaired) electrons. The fraction of sp³-hybridized carbons (Fsp3) is 0.143. The third-order valence-electron chi connectivity index (χ3n) is 4.43. The molecule has 146 valence electrons. The lowest BCUT2D eigenvalue weighted by molar-refractivity contribution is -0.115. The first-order valence-electron chi connectivity index (χ1n) is 9.03. The number of hydrogen-bond donors (Lipinski definition) is 1. The number of aromatic nitrogens is 4. The van der Waals surface area contributed by atoms with Crippen LogP contribution in [0.4, 0.5) is 5.69 Å². The molecule has 1 aromatic heterocycles. The molecule has 0 aliphatic carbocycles. The summed E-state index contributed by atoms with van der Waals surface area (Å²) in [6, 6.07) is 21.3. The van der Waals surface area contributed by atoms with Crippen LogP contribution in [0, 0.1) is 0 Å². The molecule has 0 bridgehead atoms. The van der Waals surface area contributed by atoms with Crippen molar-refractivity contribution < 1.29 is 9.53 Å². The van der Waals surface area contributed by atoms with Gasteiger partial charge in [0.2, 0.25) is 11.1 Å². The Morgan fingerprint density at radius 1 is 1.07 bits per heavy atom. The molecule has 1 amide bonds. The van der Waals surface area contributed by atoms with E-state index >= 15 is 0 Å². The number of carbonyl (C=O) groups excluding carboxylic acids is 1. The monoisotopic (exact) mass is 405 g/mol. The van der Waals surface area contributed by atoms with Gasteiger partial charge in [-0.15, -0.1) is 5.10 Å². The van der Waals surface area contributed by atoms with Gasteiger partial charge in [-0.1, -0.05) is 42.1 Å². The highest BCUT2D eigenvalue weighted by molar-refractivity contribution is 8.00. The van der Waals surface area contributed by atoms with Crippen molar-refractivity contribution in [1.82, 2.24) is 20.2 Å². The predicted molar refractivity (Wildman–Crippen MR) is 114 cm³/mol. The van der Waals surface area contributed by atoms with Gasteiger partial charge in [0.05, 0.1) is 18.0 Å². The molecule has 0 spiro atoms. The summed E-state index contributed by atoms with van der Waals surface area (Å²) in [5, 5.41) is 17.2. The third kappa shape index (κ3) is 4.22. The van der Waals surface area contributed by atoms with E-state index in [0.29, 0.717) is 5.16 Å². The van der Waals surface area contributed by atoms with Crippen LogP contribution in [0.2, 0.25) is 0 Å². The Morgan fingerprint density at radius 3 is 2.59 bits per heavy atom. The summed E-state index contributed by atoms with van der Waals surface area (Å²) >= 11 is 1.30. The summed E-state index contributed by atoms with van der Waals surface area (Å²) in [6.07, 6.45) is 0. The molecule has 0 fully saturated rings. The molecule has 0 saturated heterocycles.